The number of hydrogen-bond donors (Lipinski definition) is 0. The zero-order chi connectivity index (χ0) is 23.5. The Morgan fingerprint density at radius 3 is 2.33 bits per heavy atom. The van der Waals surface area contributed by atoms with Gasteiger partial charge in [-0.15, -0.1) is 0 Å². The second kappa shape index (κ2) is 8.88. The number of nitro benzene ring substituents is 1. The van der Waals surface area contributed by atoms with Crippen molar-refractivity contribution in [3.63, 3.8) is 0 Å². The molecule has 0 radical (unpaired) electrons. The minimum absolute atomic E-state index is 0.0240. The molecule has 0 aromatic heterocycles. The second-order valence-electron chi connectivity index (χ2n) is 7.43. The van der Waals surface area contributed by atoms with E-state index in [1.807, 2.05) is 12.1 Å². The summed E-state index contributed by atoms with van der Waals surface area (Å²) in [5.74, 6) is -2.47. The Bertz CT molecular complexity index is 1280. The highest BCUT2D eigenvalue weighted by atomic mass is 19.1. The average molecular weight is 445 g/mol. The number of amides is 1. The van der Waals surface area contributed by atoms with E-state index in [-0.39, 0.29) is 18.7 Å². The summed E-state index contributed by atoms with van der Waals surface area (Å²) in [5.41, 5.74) is 1.74. The molecule has 0 spiro atoms. The molecular weight excluding hydrogens is 429 g/mol. The van der Waals surface area contributed by atoms with E-state index in [0.717, 1.165) is 23.3 Å². The third-order valence-electron chi connectivity index (χ3n) is 5.32. The lowest BCUT2D eigenvalue weighted by atomic mass is 10.0. The number of ether oxygens (including phenoxy) is 1. The standard InChI is InChI=1S/C24H16FN3O5/c25-21-10-7-19(12-22(21)28(31)32)27-14-18(11-23(27)29)24(30)33-20-8-5-17(6-9-20)16-3-1-15(13-26)2-4-16/h1-10,12,18H,11,14H2. The van der Waals surface area contributed by atoms with Gasteiger partial charge in [0.05, 0.1) is 28.2 Å². The Morgan fingerprint density at radius 1 is 1.09 bits per heavy atom. The van der Waals surface area contributed by atoms with E-state index in [1.54, 1.807) is 36.4 Å². The number of hydrogen-bond acceptors (Lipinski definition) is 6. The molecule has 9 heteroatoms. The van der Waals surface area contributed by atoms with Crippen LogP contribution in [-0.4, -0.2) is 23.3 Å². The second-order valence-corrected chi connectivity index (χ2v) is 7.43. The Kier molecular flexibility index (Phi) is 5.83. The van der Waals surface area contributed by atoms with E-state index in [1.165, 1.54) is 11.0 Å². The maximum atomic E-state index is 13.6. The fraction of sp³-hybridized carbons (Fsp3) is 0.125. The maximum absolute atomic E-state index is 13.6. The quantitative estimate of drug-likeness (QED) is 0.251. The van der Waals surface area contributed by atoms with Crippen LogP contribution in [0.5, 0.6) is 5.75 Å². The minimum atomic E-state index is -1.00. The summed E-state index contributed by atoms with van der Waals surface area (Å²) in [5, 5.41) is 19.9. The molecule has 4 rings (SSSR count). The summed E-state index contributed by atoms with van der Waals surface area (Å²) in [6, 6.07) is 19.1. The number of carbonyl (C=O) groups is 2. The number of benzene rings is 3. The number of nitro groups is 1. The van der Waals surface area contributed by atoms with E-state index >= 15 is 0 Å². The highest BCUT2D eigenvalue weighted by Crippen LogP contribution is 2.30. The number of nitriles is 1. The van der Waals surface area contributed by atoms with Crippen LogP contribution in [0.25, 0.3) is 11.1 Å². The topological polar surface area (TPSA) is 114 Å². The molecule has 0 bridgehead atoms. The Labute approximate surface area is 187 Å². The van der Waals surface area contributed by atoms with Gasteiger partial charge in [-0.1, -0.05) is 24.3 Å². The first-order chi connectivity index (χ1) is 15.9. The Hall–Kier alpha value is -4.58. The number of nitrogens with zero attached hydrogens (tertiary/aromatic N) is 3. The van der Waals surface area contributed by atoms with Crippen LogP contribution in [-0.2, 0) is 9.59 Å². The molecule has 0 N–H and O–H groups in total. The van der Waals surface area contributed by atoms with Crippen LogP contribution < -0.4 is 9.64 Å². The highest BCUT2D eigenvalue weighted by Gasteiger charge is 2.37. The van der Waals surface area contributed by atoms with Gasteiger partial charge in [-0.3, -0.25) is 19.7 Å². The van der Waals surface area contributed by atoms with Crippen LogP contribution in [0, 0.1) is 33.2 Å². The lowest BCUT2D eigenvalue weighted by Gasteiger charge is -2.16. The molecule has 1 heterocycles. The monoisotopic (exact) mass is 445 g/mol. The van der Waals surface area contributed by atoms with E-state index in [0.29, 0.717) is 11.3 Å². The number of rotatable bonds is 5. The largest absolute Gasteiger partial charge is 0.426 e. The van der Waals surface area contributed by atoms with E-state index in [9.17, 15) is 24.1 Å². The fourth-order valence-corrected chi connectivity index (χ4v) is 3.58. The fourth-order valence-electron chi connectivity index (χ4n) is 3.58. The molecule has 1 unspecified atom stereocenters. The third-order valence-corrected chi connectivity index (χ3v) is 5.32. The van der Waals surface area contributed by atoms with Crippen LogP contribution in [0.2, 0.25) is 0 Å². The molecular formula is C24H16FN3O5. The number of halogens is 1. The van der Waals surface area contributed by atoms with Gasteiger partial charge in [-0.05, 0) is 47.5 Å². The van der Waals surface area contributed by atoms with Gasteiger partial charge in [0, 0.05) is 19.0 Å². The number of carbonyl (C=O) groups excluding carboxylic acids is 2. The molecule has 0 saturated carbocycles. The molecule has 33 heavy (non-hydrogen) atoms. The summed E-state index contributed by atoms with van der Waals surface area (Å²) in [6.45, 7) is -0.0240. The molecule has 3 aromatic carbocycles. The molecule has 164 valence electrons. The molecule has 0 aliphatic carbocycles. The first-order valence-corrected chi connectivity index (χ1v) is 9.92. The van der Waals surface area contributed by atoms with E-state index in [2.05, 4.69) is 6.07 Å². The van der Waals surface area contributed by atoms with Crippen molar-refractivity contribution in [2.75, 3.05) is 11.4 Å². The van der Waals surface area contributed by atoms with Crippen LogP contribution in [0.4, 0.5) is 15.8 Å². The predicted octanol–water partition coefficient (Wildman–Crippen LogP) is 4.23. The SMILES string of the molecule is N#Cc1ccc(-c2ccc(OC(=O)C3CC(=O)N(c4ccc(F)c([N+](=O)[O-])c4)C3)cc2)cc1. The molecule has 1 atom stereocenters. The van der Waals surface area contributed by atoms with Crippen molar-refractivity contribution in [1.82, 2.24) is 0 Å². The third kappa shape index (κ3) is 4.55. The van der Waals surface area contributed by atoms with Gasteiger partial charge < -0.3 is 9.64 Å². The highest BCUT2D eigenvalue weighted by molar-refractivity contribution is 6.00. The maximum Gasteiger partial charge on any atom is 0.316 e. The number of anilines is 1. The average Bonchev–Trinajstić information content (AvgIpc) is 3.21. The van der Waals surface area contributed by atoms with Crippen molar-refractivity contribution in [2.24, 2.45) is 5.92 Å². The normalized spacial score (nSPS) is 15.2. The Morgan fingerprint density at radius 2 is 1.73 bits per heavy atom. The molecule has 1 amide bonds. The summed E-state index contributed by atoms with van der Waals surface area (Å²) < 4.78 is 19.0. The van der Waals surface area contributed by atoms with Crippen LogP contribution in [0.1, 0.15) is 12.0 Å². The van der Waals surface area contributed by atoms with Crippen LogP contribution in [0.15, 0.2) is 66.7 Å². The summed E-state index contributed by atoms with van der Waals surface area (Å²) in [4.78, 5) is 36.3. The van der Waals surface area contributed by atoms with Gasteiger partial charge in [0.25, 0.3) is 0 Å². The molecule has 1 aliphatic rings. The van der Waals surface area contributed by atoms with E-state index in [4.69, 9.17) is 10.00 Å². The smallest absolute Gasteiger partial charge is 0.316 e. The van der Waals surface area contributed by atoms with Crippen molar-refractivity contribution in [3.05, 3.63) is 88.2 Å². The molecule has 1 saturated heterocycles. The Balaban J connectivity index is 1.43. The van der Waals surface area contributed by atoms with Crippen molar-refractivity contribution >= 4 is 23.3 Å². The first kappa shape index (κ1) is 21.6. The van der Waals surface area contributed by atoms with Gasteiger partial charge in [0.2, 0.25) is 11.7 Å². The number of esters is 1. The van der Waals surface area contributed by atoms with Crippen molar-refractivity contribution in [3.8, 4) is 22.9 Å². The zero-order valence-electron chi connectivity index (χ0n) is 17.1. The molecule has 1 fully saturated rings. The molecule has 1 aliphatic heterocycles. The summed E-state index contributed by atoms with van der Waals surface area (Å²) in [7, 11) is 0. The summed E-state index contributed by atoms with van der Waals surface area (Å²) in [6.07, 6.45) is -0.118. The van der Waals surface area contributed by atoms with Crippen LogP contribution in [0.3, 0.4) is 0 Å². The predicted molar refractivity (Wildman–Crippen MR) is 116 cm³/mol. The van der Waals surface area contributed by atoms with Gasteiger partial charge in [-0.25, -0.2) is 0 Å². The van der Waals surface area contributed by atoms with Gasteiger partial charge >= 0.3 is 11.7 Å². The van der Waals surface area contributed by atoms with Gasteiger partial charge in [0.15, 0.2) is 0 Å². The minimum Gasteiger partial charge on any atom is -0.426 e. The first-order valence-electron chi connectivity index (χ1n) is 9.92. The van der Waals surface area contributed by atoms with Crippen molar-refractivity contribution in [2.45, 2.75) is 6.42 Å². The lowest BCUT2D eigenvalue weighted by Crippen LogP contribution is -2.27. The van der Waals surface area contributed by atoms with Crippen molar-refractivity contribution in [1.29, 1.82) is 5.26 Å². The van der Waals surface area contributed by atoms with Crippen LogP contribution >= 0.6 is 0 Å². The van der Waals surface area contributed by atoms with Gasteiger partial charge in [0.1, 0.15) is 5.75 Å². The van der Waals surface area contributed by atoms with Crippen molar-refractivity contribution < 1.29 is 23.6 Å². The lowest BCUT2D eigenvalue weighted by molar-refractivity contribution is -0.387. The molecule has 3 aromatic rings. The zero-order valence-corrected chi connectivity index (χ0v) is 17.1. The van der Waals surface area contributed by atoms with Gasteiger partial charge in [-0.2, -0.15) is 9.65 Å². The summed E-state index contributed by atoms with van der Waals surface area (Å²) >= 11 is 0. The molecule has 8 nitrogen and oxygen atoms in total. The van der Waals surface area contributed by atoms with E-state index < -0.39 is 34.2 Å².